The topological polar surface area (TPSA) is 51.0 Å². The van der Waals surface area contributed by atoms with Gasteiger partial charge in [0.05, 0.1) is 0 Å². The van der Waals surface area contributed by atoms with Gasteiger partial charge in [0.15, 0.2) is 0 Å². The summed E-state index contributed by atoms with van der Waals surface area (Å²) in [5, 5.41) is 0. The third kappa shape index (κ3) is 5.01. The zero-order valence-corrected chi connectivity index (χ0v) is 18.2. The minimum Gasteiger partial charge on any atom is -0.343 e. The Morgan fingerprint density at radius 2 is 1.87 bits per heavy atom. The third-order valence-electron chi connectivity index (χ3n) is 6.00. The van der Waals surface area contributed by atoms with Crippen LogP contribution in [0.2, 0.25) is 0 Å². The van der Waals surface area contributed by atoms with Crippen LogP contribution in [0.4, 0.5) is 4.39 Å². The van der Waals surface area contributed by atoms with E-state index in [0.29, 0.717) is 24.7 Å². The maximum absolute atomic E-state index is 13.0. The Hall–Kier alpha value is -3.02. The van der Waals surface area contributed by atoms with Crippen LogP contribution in [0.1, 0.15) is 62.0 Å². The van der Waals surface area contributed by atoms with E-state index in [1.807, 2.05) is 23.4 Å². The Kier molecular flexibility index (Phi) is 6.44. The second-order valence-electron chi connectivity index (χ2n) is 8.51. The molecule has 6 heteroatoms. The Morgan fingerprint density at radius 1 is 1.13 bits per heavy atom. The van der Waals surface area contributed by atoms with Crippen LogP contribution in [0, 0.1) is 5.82 Å². The van der Waals surface area contributed by atoms with Crippen molar-refractivity contribution in [3.8, 4) is 5.82 Å². The lowest BCUT2D eigenvalue weighted by atomic mass is 9.92. The number of carbonyl (C=O) groups is 1. The summed E-state index contributed by atoms with van der Waals surface area (Å²) in [4.78, 5) is 24.0. The summed E-state index contributed by atoms with van der Waals surface area (Å²) in [6, 6.07) is 12.6. The quantitative estimate of drug-likeness (QED) is 0.572. The van der Waals surface area contributed by atoms with Crippen molar-refractivity contribution in [2.24, 2.45) is 0 Å². The number of benzene rings is 1. The zero-order valence-electron chi connectivity index (χ0n) is 18.2. The van der Waals surface area contributed by atoms with Crippen LogP contribution < -0.4 is 0 Å². The van der Waals surface area contributed by atoms with Crippen molar-refractivity contribution in [2.45, 2.75) is 51.4 Å². The number of rotatable bonds is 6. The highest BCUT2D eigenvalue weighted by Gasteiger charge is 2.25. The molecule has 5 nitrogen and oxygen atoms in total. The van der Waals surface area contributed by atoms with Gasteiger partial charge in [-0.15, -0.1) is 0 Å². The van der Waals surface area contributed by atoms with E-state index >= 15 is 0 Å². The van der Waals surface area contributed by atoms with E-state index in [4.69, 9.17) is 4.98 Å². The number of piperidine rings is 1. The molecule has 0 bridgehead atoms. The fraction of sp³-hybridized carbons (Fsp3) is 0.400. The number of imidazole rings is 1. The van der Waals surface area contributed by atoms with E-state index in [1.165, 1.54) is 12.1 Å². The molecule has 0 aliphatic carbocycles. The number of carbonyl (C=O) groups excluding carboxylic acids is 1. The number of aryl methyl sites for hydroxylation is 1. The number of pyridine rings is 1. The smallest absolute Gasteiger partial charge is 0.222 e. The fourth-order valence-electron chi connectivity index (χ4n) is 4.22. The van der Waals surface area contributed by atoms with Gasteiger partial charge < -0.3 is 4.90 Å². The maximum atomic E-state index is 13.0. The summed E-state index contributed by atoms with van der Waals surface area (Å²) in [7, 11) is 0. The normalized spacial score (nSPS) is 14.9. The summed E-state index contributed by atoms with van der Waals surface area (Å²) < 4.78 is 15.1. The molecule has 0 radical (unpaired) electrons. The Morgan fingerprint density at radius 3 is 2.58 bits per heavy atom. The lowest BCUT2D eigenvalue weighted by Gasteiger charge is -2.32. The highest BCUT2D eigenvalue weighted by molar-refractivity contribution is 5.76. The molecular weight excluding hydrogens is 391 g/mol. The van der Waals surface area contributed by atoms with Gasteiger partial charge in [0.2, 0.25) is 5.91 Å². The van der Waals surface area contributed by atoms with E-state index in [1.54, 1.807) is 12.1 Å². The van der Waals surface area contributed by atoms with Gasteiger partial charge >= 0.3 is 0 Å². The number of aromatic nitrogens is 3. The largest absolute Gasteiger partial charge is 0.343 e. The molecule has 1 saturated heterocycles. The predicted molar refractivity (Wildman–Crippen MR) is 119 cm³/mol. The molecule has 0 spiro atoms. The molecule has 0 saturated carbocycles. The number of hydrogen-bond donors (Lipinski definition) is 0. The van der Waals surface area contributed by atoms with Gasteiger partial charge in [0, 0.05) is 49.4 Å². The number of amides is 1. The van der Waals surface area contributed by atoms with Crippen molar-refractivity contribution >= 4 is 5.91 Å². The molecule has 1 aromatic carbocycles. The molecule has 162 valence electrons. The first-order chi connectivity index (χ1) is 15.0. The van der Waals surface area contributed by atoms with Crippen LogP contribution >= 0.6 is 0 Å². The molecule has 31 heavy (non-hydrogen) atoms. The van der Waals surface area contributed by atoms with Crippen LogP contribution in [-0.2, 0) is 11.2 Å². The van der Waals surface area contributed by atoms with Gasteiger partial charge in [0.1, 0.15) is 17.5 Å². The first kappa shape index (κ1) is 21.2. The van der Waals surface area contributed by atoms with E-state index in [9.17, 15) is 9.18 Å². The highest BCUT2D eigenvalue weighted by Crippen LogP contribution is 2.28. The molecular formula is C25H29FN4O. The van der Waals surface area contributed by atoms with Crippen molar-refractivity contribution in [3.63, 3.8) is 0 Å². The molecule has 2 aromatic heterocycles. The number of hydrogen-bond acceptors (Lipinski definition) is 3. The molecule has 0 atom stereocenters. The van der Waals surface area contributed by atoms with Crippen molar-refractivity contribution in [1.82, 2.24) is 19.4 Å². The summed E-state index contributed by atoms with van der Waals surface area (Å²) in [6.45, 7) is 5.76. The average Bonchev–Trinajstić information content (AvgIpc) is 3.29. The molecule has 3 aromatic rings. The van der Waals surface area contributed by atoms with E-state index in [2.05, 4.69) is 35.5 Å². The minimum absolute atomic E-state index is 0.171. The van der Waals surface area contributed by atoms with Gasteiger partial charge in [-0.2, -0.15) is 0 Å². The van der Waals surface area contributed by atoms with Gasteiger partial charge in [-0.05, 0) is 49.1 Å². The lowest BCUT2D eigenvalue weighted by Crippen LogP contribution is -2.38. The van der Waals surface area contributed by atoms with Gasteiger partial charge in [-0.1, -0.05) is 32.0 Å². The molecule has 1 aliphatic rings. The number of nitrogens with zero attached hydrogens (tertiary/aromatic N) is 4. The van der Waals surface area contributed by atoms with Gasteiger partial charge in [-0.3, -0.25) is 9.36 Å². The van der Waals surface area contributed by atoms with Crippen LogP contribution in [0.3, 0.4) is 0 Å². The third-order valence-corrected chi connectivity index (χ3v) is 6.00. The molecule has 0 unspecified atom stereocenters. The Balaban J connectivity index is 1.35. The summed E-state index contributed by atoms with van der Waals surface area (Å²) in [5.74, 6) is 2.51. The Labute approximate surface area is 182 Å². The van der Waals surface area contributed by atoms with Gasteiger partial charge in [0.25, 0.3) is 0 Å². The van der Waals surface area contributed by atoms with Crippen LogP contribution in [0.5, 0.6) is 0 Å². The van der Waals surface area contributed by atoms with Gasteiger partial charge in [-0.25, -0.2) is 14.4 Å². The van der Waals surface area contributed by atoms with Crippen LogP contribution in [0.25, 0.3) is 5.82 Å². The standard InChI is InChI=1S/C25H29FN4O/c1-18(2)25-27-14-17-30(25)23-5-3-4-22(28-23)20-12-15-29(16-13-20)24(31)11-8-19-6-9-21(26)10-7-19/h3-7,9-10,14,17-18,20H,8,11-13,15-16H2,1-2H3. The molecule has 1 aliphatic heterocycles. The fourth-order valence-corrected chi connectivity index (χ4v) is 4.22. The monoisotopic (exact) mass is 420 g/mol. The predicted octanol–water partition coefficient (Wildman–Crippen LogP) is 4.87. The van der Waals surface area contributed by atoms with Crippen molar-refractivity contribution in [3.05, 3.63) is 77.8 Å². The summed E-state index contributed by atoms with van der Waals surface area (Å²) in [6.07, 6.45) is 6.72. The second-order valence-corrected chi connectivity index (χ2v) is 8.51. The molecule has 3 heterocycles. The van der Waals surface area contributed by atoms with E-state index in [0.717, 1.165) is 48.8 Å². The summed E-state index contributed by atoms with van der Waals surface area (Å²) in [5.41, 5.74) is 2.07. The van der Waals surface area contributed by atoms with E-state index in [-0.39, 0.29) is 11.7 Å². The second kappa shape index (κ2) is 9.41. The van der Waals surface area contributed by atoms with Crippen LogP contribution in [-0.4, -0.2) is 38.4 Å². The lowest BCUT2D eigenvalue weighted by molar-refractivity contribution is -0.132. The average molecular weight is 421 g/mol. The number of likely N-dealkylation sites (tertiary alicyclic amines) is 1. The minimum atomic E-state index is -0.247. The molecule has 1 amide bonds. The summed E-state index contributed by atoms with van der Waals surface area (Å²) >= 11 is 0. The van der Waals surface area contributed by atoms with Crippen LogP contribution in [0.15, 0.2) is 54.9 Å². The first-order valence-corrected chi connectivity index (χ1v) is 11.0. The van der Waals surface area contributed by atoms with Crippen molar-refractivity contribution in [1.29, 1.82) is 0 Å². The van der Waals surface area contributed by atoms with Crippen molar-refractivity contribution < 1.29 is 9.18 Å². The van der Waals surface area contributed by atoms with Crippen molar-refractivity contribution in [2.75, 3.05) is 13.1 Å². The maximum Gasteiger partial charge on any atom is 0.222 e. The number of halogens is 1. The highest BCUT2D eigenvalue weighted by atomic mass is 19.1. The molecule has 1 fully saturated rings. The molecule has 0 N–H and O–H groups in total. The molecule has 4 rings (SSSR count). The Bertz CT molecular complexity index is 1020. The zero-order chi connectivity index (χ0) is 21.8. The SMILES string of the molecule is CC(C)c1nccn1-c1cccc(C2CCN(C(=O)CCc3ccc(F)cc3)CC2)n1. The first-order valence-electron chi connectivity index (χ1n) is 11.0. The van der Waals surface area contributed by atoms with E-state index < -0.39 is 0 Å².